The molecule has 0 bridgehead atoms. The van der Waals surface area contributed by atoms with Crippen molar-refractivity contribution >= 4 is 0 Å². The molecule has 0 aromatic carbocycles. The smallest absolute Gasteiger partial charge is 0.0599 e. The van der Waals surface area contributed by atoms with Crippen LogP contribution in [0.4, 0.5) is 0 Å². The van der Waals surface area contributed by atoms with Gasteiger partial charge < -0.3 is 5.11 Å². The third-order valence-corrected chi connectivity index (χ3v) is 2.75. The summed E-state index contributed by atoms with van der Waals surface area (Å²) in [5, 5.41) is 9.09. The molecule has 1 rings (SSSR count). The zero-order chi connectivity index (χ0) is 13.1. The van der Waals surface area contributed by atoms with Crippen LogP contribution < -0.4 is 0 Å². The van der Waals surface area contributed by atoms with E-state index in [-0.39, 0.29) is 6.61 Å². The first kappa shape index (κ1) is 18.3. The molecule has 1 fully saturated rings. The Morgan fingerprint density at radius 3 is 2.00 bits per heavy atom. The predicted octanol–water partition coefficient (Wildman–Crippen LogP) is 2.06. The predicted molar refractivity (Wildman–Crippen MR) is 72.9 cm³/mol. The molecular formula is C13H32N2O. The highest BCUT2D eigenvalue weighted by Gasteiger charge is 2.24. The Hall–Kier alpha value is -0.120. The molecule has 1 N–H and O–H groups in total. The summed E-state index contributed by atoms with van der Waals surface area (Å²) in [7, 11) is 2.08. The van der Waals surface area contributed by atoms with Crippen LogP contribution in [0.25, 0.3) is 0 Å². The molecule has 0 aliphatic carbocycles. The lowest BCUT2D eigenvalue weighted by Gasteiger charge is -2.40. The molecule has 0 radical (unpaired) electrons. The number of aliphatic hydroxyl groups excluding tert-OH is 1. The van der Waals surface area contributed by atoms with Crippen LogP contribution in [-0.2, 0) is 0 Å². The molecule has 1 aliphatic heterocycles. The maximum atomic E-state index is 9.09. The first-order valence-electron chi connectivity index (χ1n) is 6.70. The summed E-state index contributed by atoms with van der Waals surface area (Å²) in [6, 6.07) is 0.939. The Bertz CT molecular complexity index is 140. The summed E-state index contributed by atoms with van der Waals surface area (Å²) < 4.78 is 0. The fourth-order valence-electron chi connectivity index (χ4n) is 1.64. The number of piperazine rings is 1. The zero-order valence-electron chi connectivity index (χ0n) is 12.3. The molecule has 3 heteroatoms. The Kier molecular flexibility index (Phi) is 13.0. The van der Waals surface area contributed by atoms with Crippen LogP contribution in [0.1, 0.15) is 41.5 Å². The average Bonchev–Trinajstić information content (AvgIpc) is 2.34. The number of nitrogens with zero attached hydrogens (tertiary/aromatic N) is 2. The topological polar surface area (TPSA) is 26.7 Å². The van der Waals surface area contributed by atoms with E-state index in [1.807, 2.05) is 27.7 Å². The lowest BCUT2D eigenvalue weighted by atomic mass is 10.1. The van der Waals surface area contributed by atoms with Gasteiger partial charge in [-0.3, -0.25) is 9.80 Å². The molecule has 1 aliphatic rings. The van der Waals surface area contributed by atoms with Crippen molar-refractivity contribution in [2.75, 3.05) is 33.3 Å². The van der Waals surface area contributed by atoms with E-state index in [4.69, 9.17) is 5.11 Å². The lowest BCUT2D eigenvalue weighted by molar-refractivity contribution is 0.0430. The van der Waals surface area contributed by atoms with Crippen molar-refractivity contribution in [2.45, 2.75) is 53.6 Å². The third kappa shape index (κ3) is 6.46. The maximum absolute atomic E-state index is 9.09. The zero-order valence-corrected chi connectivity index (χ0v) is 12.3. The second-order valence-corrected chi connectivity index (χ2v) is 3.91. The van der Waals surface area contributed by atoms with E-state index in [9.17, 15) is 0 Å². The number of hydrogen-bond donors (Lipinski definition) is 1. The third-order valence-electron chi connectivity index (χ3n) is 2.75. The quantitative estimate of drug-likeness (QED) is 0.789. The van der Waals surface area contributed by atoms with Gasteiger partial charge in [0.15, 0.2) is 0 Å². The number of rotatable bonds is 2. The van der Waals surface area contributed by atoms with Crippen LogP contribution in [0, 0.1) is 0 Å². The second-order valence-electron chi connectivity index (χ2n) is 3.91. The van der Waals surface area contributed by atoms with Crippen LogP contribution in [0.5, 0.6) is 0 Å². The van der Waals surface area contributed by atoms with Gasteiger partial charge in [0.2, 0.25) is 0 Å². The highest BCUT2D eigenvalue weighted by atomic mass is 16.3. The van der Waals surface area contributed by atoms with Crippen LogP contribution in [0.3, 0.4) is 0 Å². The molecule has 1 atom stereocenters. The summed E-state index contributed by atoms with van der Waals surface area (Å²) in [5.41, 5.74) is 0. The summed E-state index contributed by atoms with van der Waals surface area (Å²) in [5.74, 6) is 0. The van der Waals surface area contributed by atoms with Gasteiger partial charge in [0.1, 0.15) is 0 Å². The number of likely N-dealkylation sites (N-methyl/N-ethyl adjacent to an activating group) is 1. The van der Waals surface area contributed by atoms with Crippen molar-refractivity contribution in [3.63, 3.8) is 0 Å². The van der Waals surface area contributed by atoms with Crippen molar-refractivity contribution in [3.05, 3.63) is 0 Å². The van der Waals surface area contributed by atoms with Gasteiger partial charge in [-0.2, -0.15) is 0 Å². The first-order chi connectivity index (χ1) is 7.65. The van der Waals surface area contributed by atoms with E-state index in [2.05, 4.69) is 30.7 Å². The van der Waals surface area contributed by atoms with E-state index >= 15 is 0 Å². The molecule has 3 nitrogen and oxygen atoms in total. The Labute approximate surface area is 102 Å². The molecule has 0 saturated carbocycles. The maximum Gasteiger partial charge on any atom is 0.0599 e. The molecule has 1 heterocycles. The molecule has 1 saturated heterocycles. The van der Waals surface area contributed by atoms with E-state index in [1.54, 1.807) is 0 Å². The number of aliphatic hydroxyl groups is 1. The molecule has 0 aromatic rings. The van der Waals surface area contributed by atoms with Gasteiger partial charge in [-0.15, -0.1) is 0 Å². The Morgan fingerprint density at radius 2 is 1.62 bits per heavy atom. The largest absolute Gasteiger partial charge is 0.395 e. The van der Waals surface area contributed by atoms with Crippen molar-refractivity contribution in [3.8, 4) is 0 Å². The van der Waals surface area contributed by atoms with Crippen molar-refractivity contribution < 1.29 is 5.11 Å². The van der Waals surface area contributed by atoms with E-state index in [1.165, 1.54) is 0 Å². The first-order valence-corrected chi connectivity index (χ1v) is 6.70. The Morgan fingerprint density at radius 1 is 1.12 bits per heavy atom. The van der Waals surface area contributed by atoms with E-state index in [0.29, 0.717) is 12.1 Å². The van der Waals surface area contributed by atoms with Crippen LogP contribution in [-0.4, -0.2) is 60.3 Å². The van der Waals surface area contributed by atoms with Gasteiger partial charge >= 0.3 is 0 Å². The molecular weight excluding hydrogens is 200 g/mol. The molecule has 0 spiro atoms. The summed E-state index contributed by atoms with van der Waals surface area (Å²) >= 11 is 0. The highest BCUT2D eigenvalue weighted by Crippen LogP contribution is 2.09. The normalized spacial score (nSPS) is 21.9. The number of hydrogen-bond acceptors (Lipinski definition) is 3. The van der Waals surface area contributed by atoms with Crippen LogP contribution >= 0.6 is 0 Å². The molecule has 1 unspecified atom stereocenters. The Balaban J connectivity index is 0. The summed E-state index contributed by atoms with van der Waals surface area (Å²) in [6.07, 6.45) is 0. The van der Waals surface area contributed by atoms with Gasteiger partial charge in [0.05, 0.1) is 6.61 Å². The molecule has 0 amide bonds. The van der Waals surface area contributed by atoms with Gasteiger partial charge in [-0.05, 0) is 20.9 Å². The highest BCUT2D eigenvalue weighted by molar-refractivity contribution is 4.80. The molecule has 0 aromatic heterocycles. The van der Waals surface area contributed by atoms with Gasteiger partial charge in [-0.1, -0.05) is 27.7 Å². The van der Waals surface area contributed by atoms with Crippen molar-refractivity contribution in [2.24, 2.45) is 0 Å². The fraction of sp³-hybridized carbons (Fsp3) is 1.00. The summed E-state index contributed by atoms with van der Waals surface area (Å²) in [6.45, 7) is 15.9. The fourth-order valence-corrected chi connectivity index (χ4v) is 1.64. The van der Waals surface area contributed by atoms with E-state index < -0.39 is 0 Å². The van der Waals surface area contributed by atoms with Gasteiger partial charge in [-0.25, -0.2) is 0 Å². The van der Waals surface area contributed by atoms with Crippen molar-refractivity contribution in [1.29, 1.82) is 0 Å². The average molecular weight is 232 g/mol. The second kappa shape index (κ2) is 11.4. The monoisotopic (exact) mass is 232 g/mol. The van der Waals surface area contributed by atoms with Gasteiger partial charge in [0, 0.05) is 31.7 Å². The van der Waals surface area contributed by atoms with Crippen LogP contribution in [0.2, 0.25) is 0 Å². The van der Waals surface area contributed by atoms with E-state index in [0.717, 1.165) is 19.6 Å². The lowest BCUT2D eigenvalue weighted by Crippen LogP contribution is -2.54. The SMILES string of the molecule is CC.CC.CC(C)N1CCN(C)C(CO)C1. The minimum atomic E-state index is 0.278. The minimum Gasteiger partial charge on any atom is -0.395 e. The molecule has 100 valence electrons. The standard InChI is InChI=1S/C9H20N2O.2C2H6/c1-8(2)11-5-4-10(3)9(6-11)7-12;2*1-2/h8-9,12H,4-7H2,1-3H3;2*1-2H3. The summed E-state index contributed by atoms with van der Waals surface area (Å²) in [4.78, 5) is 4.65. The van der Waals surface area contributed by atoms with Crippen LogP contribution in [0.15, 0.2) is 0 Å². The molecule has 16 heavy (non-hydrogen) atoms. The van der Waals surface area contributed by atoms with Gasteiger partial charge in [0.25, 0.3) is 0 Å². The minimum absolute atomic E-state index is 0.278. The van der Waals surface area contributed by atoms with Crippen molar-refractivity contribution in [1.82, 2.24) is 9.80 Å².